The Morgan fingerprint density at radius 3 is 2.00 bits per heavy atom. The molecule has 168 valence electrons. The van der Waals surface area contributed by atoms with Crippen molar-refractivity contribution in [2.45, 2.75) is 13.8 Å². The van der Waals surface area contributed by atoms with Gasteiger partial charge in [0, 0.05) is 23.9 Å². The van der Waals surface area contributed by atoms with E-state index in [-0.39, 0.29) is 11.3 Å². The second-order valence-electron chi connectivity index (χ2n) is 7.70. The molecule has 0 saturated heterocycles. The molecule has 1 heterocycles. The van der Waals surface area contributed by atoms with Crippen LogP contribution in [0.1, 0.15) is 16.7 Å². The maximum Gasteiger partial charge on any atom is 0.282 e. The maximum atomic E-state index is 13.6. The Hall–Kier alpha value is -4.13. The number of ether oxygens (including phenoxy) is 2. The number of imide groups is 1. The molecule has 1 N–H and O–H groups in total. The first-order valence-corrected chi connectivity index (χ1v) is 10.3. The number of hydrogen-bond donors (Lipinski definition) is 1. The zero-order valence-electron chi connectivity index (χ0n) is 18.7. The molecule has 3 aromatic carbocycles. The van der Waals surface area contributed by atoms with Gasteiger partial charge in [-0.25, -0.2) is 9.29 Å². The minimum atomic E-state index is -0.510. The number of nitrogens with zero attached hydrogens (tertiary/aromatic N) is 1. The second-order valence-corrected chi connectivity index (χ2v) is 7.70. The molecule has 2 amide bonds. The Morgan fingerprint density at radius 2 is 1.42 bits per heavy atom. The summed E-state index contributed by atoms with van der Waals surface area (Å²) in [5.74, 6) is -0.405. The zero-order valence-corrected chi connectivity index (χ0v) is 18.7. The van der Waals surface area contributed by atoms with Crippen LogP contribution in [0.5, 0.6) is 11.5 Å². The second kappa shape index (κ2) is 8.78. The number of nitrogens with one attached hydrogen (secondary N) is 1. The lowest BCUT2D eigenvalue weighted by Gasteiger charge is -2.17. The monoisotopic (exact) mass is 446 g/mol. The van der Waals surface area contributed by atoms with Gasteiger partial charge in [0.25, 0.3) is 11.8 Å². The molecule has 4 rings (SSSR count). The van der Waals surface area contributed by atoms with Gasteiger partial charge in [-0.2, -0.15) is 0 Å². The van der Waals surface area contributed by atoms with Gasteiger partial charge in [-0.3, -0.25) is 9.59 Å². The van der Waals surface area contributed by atoms with Crippen molar-refractivity contribution in [3.8, 4) is 11.5 Å². The number of carbonyl (C=O) groups is 2. The van der Waals surface area contributed by atoms with Crippen molar-refractivity contribution in [1.82, 2.24) is 0 Å². The summed E-state index contributed by atoms with van der Waals surface area (Å²) in [6, 6.07) is 15.9. The lowest BCUT2D eigenvalue weighted by molar-refractivity contribution is -0.120. The summed E-state index contributed by atoms with van der Waals surface area (Å²) in [6.07, 6.45) is 0. The van der Waals surface area contributed by atoms with Gasteiger partial charge in [0.15, 0.2) is 0 Å². The third-order valence-corrected chi connectivity index (χ3v) is 5.59. The summed E-state index contributed by atoms with van der Waals surface area (Å²) >= 11 is 0. The van der Waals surface area contributed by atoms with Crippen LogP contribution in [-0.2, 0) is 9.59 Å². The lowest BCUT2D eigenvalue weighted by Crippen LogP contribution is -2.32. The fourth-order valence-electron chi connectivity index (χ4n) is 3.65. The van der Waals surface area contributed by atoms with Gasteiger partial charge in [0.2, 0.25) is 0 Å². The highest BCUT2D eigenvalue weighted by atomic mass is 19.1. The molecular formula is C26H23FN2O4. The molecule has 7 heteroatoms. The highest BCUT2D eigenvalue weighted by molar-refractivity contribution is 6.46. The Morgan fingerprint density at radius 1 is 0.788 bits per heavy atom. The summed E-state index contributed by atoms with van der Waals surface area (Å²) in [5, 5.41) is 3.07. The number of methoxy groups -OCH3 is 2. The molecule has 0 aliphatic carbocycles. The molecule has 1 aliphatic heterocycles. The van der Waals surface area contributed by atoms with E-state index in [9.17, 15) is 14.0 Å². The smallest absolute Gasteiger partial charge is 0.282 e. The summed E-state index contributed by atoms with van der Waals surface area (Å²) < 4.78 is 24.2. The molecule has 0 atom stereocenters. The van der Waals surface area contributed by atoms with Crippen LogP contribution in [0.2, 0.25) is 0 Å². The Kier molecular flexibility index (Phi) is 5.87. The van der Waals surface area contributed by atoms with Crippen LogP contribution >= 0.6 is 0 Å². The van der Waals surface area contributed by atoms with Gasteiger partial charge >= 0.3 is 0 Å². The Balaban J connectivity index is 1.83. The number of aryl methyl sites for hydroxylation is 2. The highest BCUT2D eigenvalue weighted by Crippen LogP contribution is 2.35. The normalized spacial score (nSPS) is 13.5. The van der Waals surface area contributed by atoms with Crippen molar-refractivity contribution in [3.63, 3.8) is 0 Å². The van der Waals surface area contributed by atoms with E-state index in [1.54, 1.807) is 30.3 Å². The van der Waals surface area contributed by atoms with E-state index < -0.39 is 17.6 Å². The van der Waals surface area contributed by atoms with Gasteiger partial charge in [-0.05, 0) is 54.8 Å². The van der Waals surface area contributed by atoms with Crippen LogP contribution in [0.3, 0.4) is 0 Å². The molecule has 0 saturated carbocycles. The summed E-state index contributed by atoms with van der Waals surface area (Å²) in [4.78, 5) is 28.2. The maximum absolute atomic E-state index is 13.6. The van der Waals surface area contributed by atoms with Gasteiger partial charge in [-0.15, -0.1) is 0 Å². The Bertz CT molecular complexity index is 1260. The molecular weight excluding hydrogens is 423 g/mol. The van der Waals surface area contributed by atoms with Crippen LogP contribution in [0.4, 0.5) is 15.8 Å². The molecule has 0 fully saturated rings. The highest BCUT2D eigenvalue weighted by Gasteiger charge is 2.40. The van der Waals surface area contributed by atoms with E-state index in [0.29, 0.717) is 28.4 Å². The first kappa shape index (κ1) is 22.1. The number of hydrogen-bond acceptors (Lipinski definition) is 5. The molecule has 0 aromatic heterocycles. The van der Waals surface area contributed by atoms with Crippen molar-refractivity contribution in [2.24, 2.45) is 0 Å². The zero-order chi connectivity index (χ0) is 23.7. The average molecular weight is 446 g/mol. The predicted octanol–water partition coefficient (Wildman–Crippen LogP) is 4.86. The largest absolute Gasteiger partial charge is 0.497 e. The number of anilines is 2. The third kappa shape index (κ3) is 4.17. The number of halogens is 1. The van der Waals surface area contributed by atoms with Crippen LogP contribution in [-0.4, -0.2) is 26.0 Å². The molecule has 0 spiro atoms. The minimum absolute atomic E-state index is 0.0835. The van der Waals surface area contributed by atoms with Crippen molar-refractivity contribution in [2.75, 3.05) is 24.4 Å². The lowest BCUT2D eigenvalue weighted by atomic mass is 10.0. The van der Waals surface area contributed by atoms with E-state index in [2.05, 4.69) is 5.32 Å². The van der Waals surface area contributed by atoms with Gasteiger partial charge in [0.05, 0.1) is 25.5 Å². The molecule has 6 nitrogen and oxygen atoms in total. The molecule has 3 aromatic rings. The molecule has 0 bridgehead atoms. The van der Waals surface area contributed by atoms with E-state index in [4.69, 9.17) is 9.47 Å². The quantitative estimate of drug-likeness (QED) is 0.548. The summed E-state index contributed by atoms with van der Waals surface area (Å²) in [5.41, 5.74) is 3.64. The van der Waals surface area contributed by atoms with Crippen LogP contribution in [0.15, 0.2) is 66.4 Å². The van der Waals surface area contributed by atoms with Crippen molar-refractivity contribution in [3.05, 3.63) is 88.9 Å². The van der Waals surface area contributed by atoms with E-state index in [0.717, 1.165) is 16.0 Å². The first-order chi connectivity index (χ1) is 15.8. The number of carbonyl (C=O) groups excluding carboxylic acids is 2. The van der Waals surface area contributed by atoms with E-state index >= 15 is 0 Å². The summed E-state index contributed by atoms with van der Waals surface area (Å²) in [7, 11) is 3.04. The van der Waals surface area contributed by atoms with E-state index in [1.165, 1.54) is 38.5 Å². The predicted molar refractivity (Wildman–Crippen MR) is 125 cm³/mol. The standard InChI is InChI=1S/C26H23FN2O4/c1-15-5-10-20(11-16(15)2)29-25(30)23(17-6-8-18(27)9-7-17)24(26(29)31)28-19-12-21(32-3)14-22(13-19)33-4/h5-14,28H,1-4H3. The fourth-order valence-corrected chi connectivity index (χ4v) is 3.65. The van der Waals surface area contributed by atoms with Gasteiger partial charge in [-0.1, -0.05) is 18.2 Å². The van der Waals surface area contributed by atoms with Crippen molar-refractivity contribution in [1.29, 1.82) is 0 Å². The molecule has 0 radical (unpaired) electrons. The SMILES string of the molecule is COc1cc(NC2=C(c3ccc(F)cc3)C(=O)N(c3ccc(C)c(C)c3)C2=O)cc(OC)c1. The fraction of sp³-hybridized carbons (Fsp3) is 0.154. The molecule has 1 aliphatic rings. The van der Waals surface area contributed by atoms with Gasteiger partial charge < -0.3 is 14.8 Å². The molecule has 33 heavy (non-hydrogen) atoms. The first-order valence-electron chi connectivity index (χ1n) is 10.3. The number of amides is 2. The van der Waals surface area contributed by atoms with Crippen molar-refractivity contribution >= 4 is 28.8 Å². The Labute approximate surface area is 191 Å². The third-order valence-electron chi connectivity index (χ3n) is 5.59. The van der Waals surface area contributed by atoms with Crippen LogP contribution < -0.4 is 19.7 Å². The van der Waals surface area contributed by atoms with Crippen molar-refractivity contribution < 1.29 is 23.5 Å². The number of benzene rings is 3. The van der Waals surface area contributed by atoms with Gasteiger partial charge in [0.1, 0.15) is 23.0 Å². The van der Waals surface area contributed by atoms with Crippen LogP contribution in [0, 0.1) is 19.7 Å². The van der Waals surface area contributed by atoms with Crippen LogP contribution in [0.25, 0.3) is 5.57 Å². The molecule has 0 unspecified atom stereocenters. The minimum Gasteiger partial charge on any atom is -0.497 e. The van der Waals surface area contributed by atoms with E-state index in [1.807, 2.05) is 19.9 Å². The summed E-state index contributed by atoms with van der Waals surface area (Å²) in [6.45, 7) is 3.87. The number of rotatable bonds is 6. The topological polar surface area (TPSA) is 67.9 Å². The average Bonchev–Trinajstić information content (AvgIpc) is 3.05.